The molecule has 8 heteroatoms. The Balaban J connectivity index is 1.95. The first-order chi connectivity index (χ1) is 10.2. The molecule has 0 radical (unpaired) electrons. The number of rotatable bonds is 7. The van der Waals surface area contributed by atoms with Crippen LogP contribution in [0.3, 0.4) is 0 Å². The van der Waals surface area contributed by atoms with E-state index >= 15 is 0 Å². The van der Waals surface area contributed by atoms with Crippen LogP contribution in [-0.2, 0) is 0 Å². The number of hydrogen-bond donors (Lipinski definition) is 2. The fraction of sp³-hybridized carbons (Fsp3) is 0.615. The Morgan fingerprint density at radius 3 is 2.81 bits per heavy atom. The maximum Gasteiger partial charge on any atom is 0.311 e. The van der Waals surface area contributed by atoms with Crippen LogP contribution in [0.15, 0.2) is 12.1 Å². The summed E-state index contributed by atoms with van der Waals surface area (Å²) in [5.74, 6) is 3.31. The van der Waals surface area contributed by atoms with Crippen LogP contribution in [0.2, 0.25) is 0 Å². The number of nitrogens with zero attached hydrogens (tertiary/aromatic N) is 3. The van der Waals surface area contributed by atoms with Crippen molar-refractivity contribution in [3.8, 4) is 0 Å². The van der Waals surface area contributed by atoms with Gasteiger partial charge in [-0.05, 0) is 13.0 Å². The molecule has 0 amide bonds. The SMILES string of the molecule is CCNc1ccc([N+](=O)[O-])c(NCCN2CCSCC2)n1. The van der Waals surface area contributed by atoms with E-state index in [0.29, 0.717) is 18.2 Å². The van der Waals surface area contributed by atoms with E-state index in [1.165, 1.54) is 6.07 Å². The fourth-order valence-electron chi connectivity index (χ4n) is 2.17. The summed E-state index contributed by atoms with van der Waals surface area (Å²) in [5, 5.41) is 17.2. The molecule has 0 bridgehead atoms. The number of aromatic nitrogens is 1. The number of nitro groups is 1. The average molecular weight is 311 g/mol. The molecule has 0 atom stereocenters. The lowest BCUT2D eigenvalue weighted by Gasteiger charge is -2.26. The summed E-state index contributed by atoms with van der Waals surface area (Å²) < 4.78 is 0. The molecule has 2 heterocycles. The molecule has 0 spiro atoms. The van der Waals surface area contributed by atoms with Crippen LogP contribution in [0.1, 0.15) is 6.92 Å². The molecule has 1 fully saturated rings. The van der Waals surface area contributed by atoms with Crippen molar-refractivity contribution in [3.05, 3.63) is 22.2 Å². The van der Waals surface area contributed by atoms with Crippen LogP contribution in [-0.4, -0.2) is 59.0 Å². The topological polar surface area (TPSA) is 83.3 Å². The zero-order valence-electron chi connectivity index (χ0n) is 12.2. The standard InChI is InChI=1S/C13H21N5O2S/c1-2-14-12-4-3-11(18(19)20)13(16-12)15-5-6-17-7-9-21-10-8-17/h3-4H,2,5-10H2,1H3,(H2,14,15,16). The summed E-state index contributed by atoms with van der Waals surface area (Å²) in [7, 11) is 0. The second-order valence-corrected chi connectivity index (χ2v) is 5.96. The molecule has 1 saturated heterocycles. The van der Waals surface area contributed by atoms with Crippen LogP contribution in [0.4, 0.5) is 17.3 Å². The molecule has 0 aliphatic carbocycles. The molecular weight excluding hydrogens is 290 g/mol. The van der Waals surface area contributed by atoms with Gasteiger partial charge in [0.1, 0.15) is 5.82 Å². The minimum absolute atomic E-state index is 0.0193. The van der Waals surface area contributed by atoms with E-state index in [4.69, 9.17) is 0 Å². The van der Waals surface area contributed by atoms with Gasteiger partial charge < -0.3 is 10.6 Å². The van der Waals surface area contributed by atoms with Crippen molar-refractivity contribution >= 4 is 29.1 Å². The van der Waals surface area contributed by atoms with Gasteiger partial charge >= 0.3 is 5.69 Å². The molecule has 2 rings (SSSR count). The smallest absolute Gasteiger partial charge is 0.311 e. The molecule has 1 aromatic heterocycles. The maximum atomic E-state index is 11.0. The fourth-order valence-corrected chi connectivity index (χ4v) is 3.14. The van der Waals surface area contributed by atoms with Gasteiger partial charge in [0.2, 0.25) is 5.82 Å². The number of thioether (sulfide) groups is 1. The van der Waals surface area contributed by atoms with Gasteiger partial charge in [0.05, 0.1) is 4.92 Å². The molecule has 7 nitrogen and oxygen atoms in total. The number of hydrogen-bond acceptors (Lipinski definition) is 7. The van der Waals surface area contributed by atoms with Crippen molar-refractivity contribution in [2.75, 3.05) is 54.9 Å². The highest BCUT2D eigenvalue weighted by Crippen LogP contribution is 2.23. The lowest BCUT2D eigenvalue weighted by Crippen LogP contribution is -2.36. The van der Waals surface area contributed by atoms with Crippen LogP contribution in [0.5, 0.6) is 0 Å². The third kappa shape index (κ3) is 4.75. The van der Waals surface area contributed by atoms with E-state index in [1.807, 2.05) is 18.7 Å². The Morgan fingerprint density at radius 1 is 1.38 bits per heavy atom. The zero-order valence-corrected chi connectivity index (χ0v) is 13.0. The van der Waals surface area contributed by atoms with Gasteiger partial charge in [-0.3, -0.25) is 15.0 Å². The average Bonchev–Trinajstić information content (AvgIpc) is 2.49. The molecule has 0 saturated carbocycles. The van der Waals surface area contributed by atoms with Crippen molar-refractivity contribution in [2.45, 2.75) is 6.92 Å². The summed E-state index contributed by atoms with van der Waals surface area (Å²) in [4.78, 5) is 17.3. The molecule has 116 valence electrons. The van der Waals surface area contributed by atoms with Crippen LogP contribution < -0.4 is 10.6 Å². The Labute approximate surface area is 128 Å². The van der Waals surface area contributed by atoms with E-state index in [-0.39, 0.29) is 5.69 Å². The predicted molar refractivity (Wildman–Crippen MR) is 87.3 cm³/mol. The van der Waals surface area contributed by atoms with Gasteiger partial charge in [0, 0.05) is 50.3 Å². The highest BCUT2D eigenvalue weighted by Gasteiger charge is 2.16. The molecule has 0 unspecified atom stereocenters. The van der Waals surface area contributed by atoms with Gasteiger partial charge in [-0.15, -0.1) is 0 Å². The summed E-state index contributed by atoms with van der Waals surface area (Å²) in [6.45, 7) is 6.40. The molecule has 2 N–H and O–H groups in total. The zero-order chi connectivity index (χ0) is 15.1. The number of anilines is 2. The lowest BCUT2D eigenvalue weighted by molar-refractivity contribution is -0.384. The second-order valence-electron chi connectivity index (χ2n) is 4.73. The van der Waals surface area contributed by atoms with Crippen molar-refractivity contribution in [3.63, 3.8) is 0 Å². The van der Waals surface area contributed by atoms with Gasteiger partial charge in [-0.2, -0.15) is 11.8 Å². The van der Waals surface area contributed by atoms with Crippen LogP contribution in [0.25, 0.3) is 0 Å². The van der Waals surface area contributed by atoms with Crippen molar-refractivity contribution in [1.29, 1.82) is 0 Å². The van der Waals surface area contributed by atoms with E-state index in [0.717, 1.165) is 37.7 Å². The van der Waals surface area contributed by atoms with Gasteiger partial charge in [-0.1, -0.05) is 0 Å². The Bertz CT molecular complexity index is 480. The third-order valence-electron chi connectivity index (χ3n) is 3.25. The van der Waals surface area contributed by atoms with E-state index in [2.05, 4.69) is 20.5 Å². The van der Waals surface area contributed by atoms with E-state index in [1.54, 1.807) is 6.07 Å². The molecule has 0 aromatic carbocycles. The van der Waals surface area contributed by atoms with Crippen LogP contribution >= 0.6 is 11.8 Å². The van der Waals surface area contributed by atoms with Crippen molar-refractivity contribution in [1.82, 2.24) is 9.88 Å². The summed E-state index contributed by atoms with van der Waals surface area (Å²) in [5.41, 5.74) is 0.0193. The van der Waals surface area contributed by atoms with E-state index < -0.39 is 4.92 Å². The van der Waals surface area contributed by atoms with Crippen molar-refractivity contribution in [2.24, 2.45) is 0 Å². The predicted octanol–water partition coefficient (Wildman–Crippen LogP) is 1.88. The largest absolute Gasteiger partial charge is 0.370 e. The third-order valence-corrected chi connectivity index (χ3v) is 4.20. The lowest BCUT2D eigenvalue weighted by atomic mass is 10.3. The molecule has 1 aromatic rings. The maximum absolute atomic E-state index is 11.0. The Morgan fingerprint density at radius 2 is 2.14 bits per heavy atom. The quantitative estimate of drug-likeness (QED) is 0.587. The Hall–Kier alpha value is -1.54. The number of pyridine rings is 1. The summed E-state index contributed by atoms with van der Waals surface area (Å²) >= 11 is 1.97. The molecule has 21 heavy (non-hydrogen) atoms. The highest BCUT2D eigenvalue weighted by molar-refractivity contribution is 7.99. The normalized spacial score (nSPS) is 15.7. The summed E-state index contributed by atoms with van der Waals surface area (Å²) in [6, 6.07) is 3.12. The highest BCUT2D eigenvalue weighted by atomic mass is 32.2. The first-order valence-corrected chi connectivity index (χ1v) is 8.29. The van der Waals surface area contributed by atoms with Gasteiger partial charge in [0.25, 0.3) is 0 Å². The van der Waals surface area contributed by atoms with Gasteiger partial charge in [-0.25, -0.2) is 4.98 Å². The molecule has 1 aliphatic heterocycles. The van der Waals surface area contributed by atoms with Crippen LogP contribution in [0, 0.1) is 10.1 Å². The van der Waals surface area contributed by atoms with E-state index in [9.17, 15) is 10.1 Å². The minimum atomic E-state index is -0.400. The van der Waals surface area contributed by atoms with Gasteiger partial charge in [0.15, 0.2) is 0 Å². The van der Waals surface area contributed by atoms with Crippen molar-refractivity contribution < 1.29 is 4.92 Å². The minimum Gasteiger partial charge on any atom is -0.370 e. The number of nitrogens with one attached hydrogen (secondary N) is 2. The first-order valence-electron chi connectivity index (χ1n) is 7.14. The summed E-state index contributed by atoms with van der Waals surface area (Å²) in [6.07, 6.45) is 0. The Kier molecular flexibility index (Phi) is 6.06. The second kappa shape index (κ2) is 8.04. The first kappa shape index (κ1) is 15.8. The molecule has 1 aliphatic rings. The molecular formula is C13H21N5O2S. The monoisotopic (exact) mass is 311 g/mol.